The number of rotatable bonds is 5. The highest BCUT2D eigenvalue weighted by Gasteiger charge is 2.08. The Morgan fingerprint density at radius 2 is 1.84 bits per heavy atom. The number of carbonyl (C=O) groups is 2. The SMILES string of the molecule is CC(=O)NCCNC(=O)c1ccc(N(C)C)c(N)c1. The molecule has 0 saturated heterocycles. The van der Waals surface area contributed by atoms with E-state index in [4.69, 9.17) is 5.73 Å². The number of carbonyl (C=O) groups excluding carboxylic acids is 2. The highest BCUT2D eigenvalue weighted by atomic mass is 16.2. The average molecular weight is 264 g/mol. The summed E-state index contributed by atoms with van der Waals surface area (Å²) < 4.78 is 0. The lowest BCUT2D eigenvalue weighted by molar-refractivity contribution is -0.118. The quantitative estimate of drug-likeness (QED) is 0.524. The molecule has 0 spiro atoms. The number of nitrogens with zero attached hydrogens (tertiary/aromatic N) is 1. The summed E-state index contributed by atoms with van der Waals surface area (Å²) in [6, 6.07) is 5.17. The predicted molar refractivity (Wildman–Crippen MR) is 76.2 cm³/mol. The number of nitrogens with one attached hydrogen (secondary N) is 2. The molecular formula is C13H20N4O2. The molecule has 0 heterocycles. The van der Waals surface area contributed by atoms with Crippen LogP contribution in [0.3, 0.4) is 0 Å². The standard InChI is InChI=1S/C13H20N4O2/c1-9(18)15-6-7-16-13(19)10-4-5-12(17(2)3)11(14)8-10/h4-5,8H,6-7,14H2,1-3H3,(H,15,18)(H,16,19). The minimum atomic E-state index is -0.206. The van der Waals surface area contributed by atoms with Gasteiger partial charge < -0.3 is 21.3 Å². The molecule has 0 radical (unpaired) electrons. The van der Waals surface area contributed by atoms with Gasteiger partial charge in [0.1, 0.15) is 0 Å². The average Bonchev–Trinajstić information content (AvgIpc) is 2.33. The fourth-order valence-corrected chi connectivity index (χ4v) is 1.62. The first-order valence-electron chi connectivity index (χ1n) is 6.01. The third-order valence-electron chi connectivity index (χ3n) is 2.56. The number of nitrogen functional groups attached to an aromatic ring is 1. The van der Waals surface area contributed by atoms with E-state index in [9.17, 15) is 9.59 Å². The van der Waals surface area contributed by atoms with Gasteiger partial charge in [-0.05, 0) is 18.2 Å². The number of benzene rings is 1. The van der Waals surface area contributed by atoms with Crippen LogP contribution in [0.15, 0.2) is 18.2 Å². The molecule has 0 aliphatic heterocycles. The molecule has 1 aromatic carbocycles. The summed E-state index contributed by atoms with van der Waals surface area (Å²) in [7, 11) is 3.78. The van der Waals surface area contributed by atoms with Crippen LogP contribution in [0.1, 0.15) is 17.3 Å². The van der Waals surface area contributed by atoms with Gasteiger partial charge in [0, 0.05) is 39.7 Å². The van der Waals surface area contributed by atoms with Crippen LogP contribution >= 0.6 is 0 Å². The third-order valence-corrected chi connectivity index (χ3v) is 2.56. The van der Waals surface area contributed by atoms with Crippen LogP contribution in [0, 0.1) is 0 Å². The van der Waals surface area contributed by atoms with Gasteiger partial charge in [0.2, 0.25) is 5.91 Å². The molecule has 0 aromatic heterocycles. The van der Waals surface area contributed by atoms with Crippen molar-refractivity contribution in [3.8, 4) is 0 Å². The minimum absolute atomic E-state index is 0.117. The summed E-state index contributed by atoms with van der Waals surface area (Å²) >= 11 is 0. The molecule has 0 bridgehead atoms. The van der Waals surface area contributed by atoms with Crippen LogP contribution in [-0.2, 0) is 4.79 Å². The summed E-state index contributed by atoms with van der Waals surface area (Å²) in [5.74, 6) is -0.323. The Labute approximate surface area is 113 Å². The fourth-order valence-electron chi connectivity index (χ4n) is 1.62. The van der Waals surface area contributed by atoms with E-state index in [1.54, 1.807) is 18.2 Å². The van der Waals surface area contributed by atoms with Crippen molar-refractivity contribution in [2.45, 2.75) is 6.92 Å². The largest absolute Gasteiger partial charge is 0.397 e. The van der Waals surface area contributed by atoms with Crippen LogP contribution in [0.25, 0.3) is 0 Å². The molecule has 6 nitrogen and oxygen atoms in total. The van der Waals surface area contributed by atoms with Crippen molar-refractivity contribution in [1.82, 2.24) is 10.6 Å². The molecule has 4 N–H and O–H groups in total. The lowest BCUT2D eigenvalue weighted by Crippen LogP contribution is -2.33. The minimum Gasteiger partial charge on any atom is -0.397 e. The number of nitrogens with two attached hydrogens (primary N) is 1. The molecule has 1 aromatic rings. The van der Waals surface area contributed by atoms with Gasteiger partial charge in [-0.15, -0.1) is 0 Å². The molecule has 0 saturated carbocycles. The van der Waals surface area contributed by atoms with Gasteiger partial charge in [0.05, 0.1) is 11.4 Å². The van der Waals surface area contributed by atoms with Gasteiger partial charge in [0.25, 0.3) is 5.91 Å². The monoisotopic (exact) mass is 264 g/mol. The summed E-state index contributed by atoms with van der Waals surface area (Å²) in [4.78, 5) is 24.4. The second-order valence-electron chi connectivity index (χ2n) is 4.41. The van der Waals surface area contributed by atoms with E-state index < -0.39 is 0 Å². The zero-order chi connectivity index (χ0) is 14.4. The molecular weight excluding hydrogens is 244 g/mol. The molecule has 6 heteroatoms. The van der Waals surface area contributed by atoms with Crippen molar-refractivity contribution >= 4 is 23.2 Å². The van der Waals surface area contributed by atoms with Crippen molar-refractivity contribution < 1.29 is 9.59 Å². The fraction of sp³-hybridized carbons (Fsp3) is 0.385. The maximum absolute atomic E-state index is 11.8. The summed E-state index contributed by atoms with van der Waals surface area (Å²) in [6.45, 7) is 2.22. The molecule has 19 heavy (non-hydrogen) atoms. The maximum atomic E-state index is 11.8. The first-order chi connectivity index (χ1) is 8.91. The molecule has 104 valence electrons. The predicted octanol–water partition coefficient (Wildman–Crippen LogP) is 0.201. The van der Waals surface area contributed by atoms with Gasteiger partial charge in [-0.3, -0.25) is 9.59 Å². The van der Waals surface area contributed by atoms with E-state index in [0.29, 0.717) is 24.3 Å². The Hall–Kier alpha value is -2.24. The van der Waals surface area contributed by atoms with E-state index in [0.717, 1.165) is 5.69 Å². The van der Waals surface area contributed by atoms with E-state index in [2.05, 4.69) is 10.6 Å². The van der Waals surface area contributed by atoms with E-state index in [-0.39, 0.29) is 11.8 Å². The highest BCUT2D eigenvalue weighted by molar-refractivity contribution is 5.96. The summed E-state index contributed by atoms with van der Waals surface area (Å²) in [6.07, 6.45) is 0. The van der Waals surface area contributed by atoms with Gasteiger partial charge in [0.15, 0.2) is 0 Å². The summed E-state index contributed by atoms with van der Waals surface area (Å²) in [5, 5.41) is 5.31. The smallest absolute Gasteiger partial charge is 0.251 e. The van der Waals surface area contributed by atoms with Crippen molar-refractivity contribution in [2.75, 3.05) is 37.8 Å². The van der Waals surface area contributed by atoms with Gasteiger partial charge in [-0.25, -0.2) is 0 Å². The van der Waals surface area contributed by atoms with Crippen molar-refractivity contribution in [2.24, 2.45) is 0 Å². The van der Waals surface area contributed by atoms with Crippen LogP contribution in [0.2, 0.25) is 0 Å². The van der Waals surface area contributed by atoms with Crippen molar-refractivity contribution in [3.63, 3.8) is 0 Å². The molecule has 0 unspecified atom stereocenters. The number of anilines is 2. The normalized spacial score (nSPS) is 9.84. The van der Waals surface area contributed by atoms with Gasteiger partial charge >= 0.3 is 0 Å². The Morgan fingerprint density at radius 3 is 2.37 bits per heavy atom. The number of hydrogen-bond donors (Lipinski definition) is 3. The molecule has 0 fully saturated rings. The molecule has 2 amide bonds. The number of amides is 2. The van der Waals surface area contributed by atoms with E-state index in [1.165, 1.54) is 6.92 Å². The zero-order valence-corrected chi connectivity index (χ0v) is 11.5. The highest BCUT2D eigenvalue weighted by Crippen LogP contribution is 2.22. The van der Waals surface area contributed by atoms with Crippen molar-refractivity contribution in [3.05, 3.63) is 23.8 Å². The maximum Gasteiger partial charge on any atom is 0.251 e. The first-order valence-corrected chi connectivity index (χ1v) is 6.01. The Morgan fingerprint density at radius 1 is 1.21 bits per heavy atom. The van der Waals surface area contributed by atoms with Crippen molar-refractivity contribution in [1.29, 1.82) is 0 Å². The second-order valence-corrected chi connectivity index (χ2v) is 4.41. The topological polar surface area (TPSA) is 87.5 Å². The lowest BCUT2D eigenvalue weighted by atomic mass is 10.1. The zero-order valence-electron chi connectivity index (χ0n) is 11.5. The Bertz CT molecular complexity index is 472. The van der Waals surface area contributed by atoms with E-state index in [1.807, 2.05) is 19.0 Å². The van der Waals surface area contributed by atoms with Gasteiger partial charge in [-0.1, -0.05) is 0 Å². The summed E-state index contributed by atoms with van der Waals surface area (Å²) in [5.41, 5.74) is 7.81. The molecule has 0 atom stereocenters. The van der Waals surface area contributed by atoms with Crippen LogP contribution in [-0.4, -0.2) is 39.0 Å². The molecule has 1 rings (SSSR count). The Kier molecular flexibility index (Phi) is 5.17. The Balaban J connectivity index is 2.58. The molecule has 0 aliphatic rings. The number of hydrogen-bond acceptors (Lipinski definition) is 4. The third kappa shape index (κ3) is 4.50. The van der Waals surface area contributed by atoms with E-state index >= 15 is 0 Å². The lowest BCUT2D eigenvalue weighted by Gasteiger charge is -2.15. The first kappa shape index (κ1) is 14.8. The second kappa shape index (κ2) is 6.63. The van der Waals surface area contributed by atoms with Crippen LogP contribution < -0.4 is 21.3 Å². The van der Waals surface area contributed by atoms with Crippen LogP contribution in [0.4, 0.5) is 11.4 Å². The molecule has 0 aliphatic carbocycles. The van der Waals surface area contributed by atoms with Crippen LogP contribution in [0.5, 0.6) is 0 Å². The van der Waals surface area contributed by atoms with Gasteiger partial charge in [-0.2, -0.15) is 0 Å².